The number of carbonyl (C=O) groups is 1. The number of nitrogens with one attached hydrogen (secondary N) is 2. The van der Waals surface area contributed by atoms with Crippen molar-refractivity contribution in [1.82, 2.24) is 20.6 Å². The number of hydrogen-bond acceptors (Lipinski definition) is 7. The number of amides is 1. The lowest BCUT2D eigenvalue weighted by Gasteiger charge is -2.22. The van der Waals surface area contributed by atoms with Crippen LogP contribution in [0.4, 0.5) is 5.82 Å². The predicted octanol–water partition coefficient (Wildman–Crippen LogP) is 2.93. The number of aromatic nitrogens is 2. The first-order valence-electron chi connectivity index (χ1n) is 11.9. The number of benzene rings is 1. The van der Waals surface area contributed by atoms with Gasteiger partial charge in [-0.2, -0.15) is 0 Å². The molecule has 33 heavy (non-hydrogen) atoms. The Morgan fingerprint density at radius 1 is 1.21 bits per heavy atom. The van der Waals surface area contributed by atoms with Gasteiger partial charge in [0.25, 0.3) is 0 Å². The fourth-order valence-corrected chi connectivity index (χ4v) is 6.41. The van der Waals surface area contributed by atoms with E-state index in [2.05, 4.69) is 50.2 Å². The molecule has 1 saturated carbocycles. The molecule has 3 aromatic rings. The second-order valence-electron chi connectivity index (χ2n) is 9.30. The molecule has 1 aromatic carbocycles. The fourth-order valence-electron chi connectivity index (χ4n) is 5.50. The maximum atomic E-state index is 12.0. The molecule has 3 atom stereocenters. The van der Waals surface area contributed by atoms with E-state index >= 15 is 0 Å². The van der Waals surface area contributed by atoms with Crippen LogP contribution in [-0.4, -0.2) is 61.3 Å². The molecule has 6 rings (SSSR count). The monoisotopic (exact) mass is 463 g/mol. The van der Waals surface area contributed by atoms with Gasteiger partial charge in [-0.15, -0.1) is 11.3 Å². The van der Waals surface area contributed by atoms with E-state index in [1.807, 2.05) is 6.07 Å². The van der Waals surface area contributed by atoms with Gasteiger partial charge in [0.2, 0.25) is 5.91 Å². The second kappa shape index (κ2) is 9.00. The van der Waals surface area contributed by atoms with Crippen LogP contribution in [0.1, 0.15) is 12.8 Å². The zero-order chi connectivity index (χ0) is 22.2. The lowest BCUT2D eigenvalue weighted by Crippen LogP contribution is -2.41. The van der Waals surface area contributed by atoms with Crippen molar-refractivity contribution in [3.05, 3.63) is 42.0 Å². The summed E-state index contributed by atoms with van der Waals surface area (Å²) in [7, 11) is 0. The van der Waals surface area contributed by atoms with E-state index in [-0.39, 0.29) is 11.9 Å². The summed E-state index contributed by atoms with van der Waals surface area (Å²) in [6, 6.07) is 10.5. The number of piperidine rings is 1. The van der Waals surface area contributed by atoms with E-state index in [4.69, 9.17) is 9.72 Å². The van der Waals surface area contributed by atoms with Crippen molar-refractivity contribution >= 4 is 33.3 Å². The second-order valence-corrected chi connectivity index (χ2v) is 10.2. The van der Waals surface area contributed by atoms with Gasteiger partial charge in [-0.05, 0) is 42.7 Å². The van der Waals surface area contributed by atoms with E-state index in [0.29, 0.717) is 30.9 Å². The minimum Gasteiger partial charge on any atom is -0.379 e. The number of carbonyl (C=O) groups excluding carboxylic acids is 1. The van der Waals surface area contributed by atoms with Crippen molar-refractivity contribution in [3.63, 3.8) is 0 Å². The Labute approximate surface area is 197 Å². The molecule has 0 spiro atoms. The largest absolute Gasteiger partial charge is 0.379 e. The van der Waals surface area contributed by atoms with E-state index in [9.17, 15) is 4.79 Å². The minimum absolute atomic E-state index is 0.0160. The maximum Gasteiger partial charge on any atom is 0.237 e. The Balaban J connectivity index is 1.02. The highest BCUT2D eigenvalue weighted by Crippen LogP contribution is 2.53. The van der Waals surface area contributed by atoms with Gasteiger partial charge >= 0.3 is 0 Å². The van der Waals surface area contributed by atoms with E-state index < -0.39 is 0 Å². The number of nitrogens with zero attached hydrogens (tertiary/aromatic N) is 3. The van der Waals surface area contributed by atoms with Gasteiger partial charge in [0.1, 0.15) is 17.0 Å². The first kappa shape index (κ1) is 21.0. The standard InChI is InChI=1S/C25H29N5O2S/c31-24(21-7-4-8-26-21)27-9-10-32-13-19-17-11-30(12-18(17)19)23-22-20(16-5-2-1-3-6-16)14-33-25(22)29-15-28-23/h1-3,5-6,14-15,17-19,21,26H,4,7-13H2,(H,27,31)/t17?,18?,19?,21-/m0/s1. The molecule has 0 radical (unpaired) electrons. The summed E-state index contributed by atoms with van der Waals surface area (Å²) in [5.41, 5.74) is 2.44. The van der Waals surface area contributed by atoms with Gasteiger partial charge < -0.3 is 20.3 Å². The van der Waals surface area contributed by atoms with Gasteiger partial charge in [0.15, 0.2) is 0 Å². The number of anilines is 1. The molecule has 1 amide bonds. The van der Waals surface area contributed by atoms with Gasteiger partial charge in [0.05, 0.1) is 24.6 Å². The van der Waals surface area contributed by atoms with Crippen LogP contribution in [-0.2, 0) is 9.53 Å². The molecule has 0 bridgehead atoms. The predicted molar refractivity (Wildman–Crippen MR) is 130 cm³/mol. The highest BCUT2D eigenvalue weighted by molar-refractivity contribution is 7.17. The molecule has 7 nitrogen and oxygen atoms in total. The molecule has 2 unspecified atom stereocenters. The zero-order valence-electron chi connectivity index (χ0n) is 18.6. The van der Waals surface area contributed by atoms with E-state index in [1.54, 1.807) is 17.7 Å². The average Bonchev–Trinajstić information content (AvgIpc) is 3.38. The van der Waals surface area contributed by atoms with Crippen LogP contribution in [0.3, 0.4) is 0 Å². The highest BCUT2D eigenvalue weighted by Gasteiger charge is 2.56. The molecule has 172 valence electrons. The number of rotatable bonds is 8. The van der Waals surface area contributed by atoms with Crippen molar-refractivity contribution in [1.29, 1.82) is 0 Å². The Morgan fingerprint density at radius 3 is 2.85 bits per heavy atom. The molecule has 8 heteroatoms. The summed E-state index contributed by atoms with van der Waals surface area (Å²) in [4.78, 5) is 24.7. The fraction of sp³-hybridized carbons (Fsp3) is 0.480. The molecular weight excluding hydrogens is 434 g/mol. The lowest BCUT2D eigenvalue weighted by atomic mass is 10.1. The third-order valence-electron chi connectivity index (χ3n) is 7.34. The quantitative estimate of drug-likeness (QED) is 0.500. The smallest absolute Gasteiger partial charge is 0.237 e. The van der Waals surface area contributed by atoms with Gasteiger partial charge in [-0.1, -0.05) is 30.3 Å². The molecule has 2 saturated heterocycles. The van der Waals surface area contributed by atoms with Crippen molar-refractivity contribution in [3.8, 4) is 11.1 Å². The van der Waals surface area contributed by atoms with Crippen LogP contribution < -0.4 is 15.5 Å². The van der Waals surface area contributed by atoms with Gasteiger partial charge in [0, 0.05) is 30.6 Å². The Morgan fingerprint density at radius 2 is 2.06 bits per heavy atom. The van der Waals surface area contributed by atoms with E-state index in [1.165, 1.54) is 16.5 Å². The summed E-state index contributed by atoms with van der Waals surface area (Å²) in [6.45, 7) is 4.95. The van der Waals surface area contributed by atoms with Crippen LogP contribution in [0, 0.1) is 17.8 Å². The van der Waals surface area contributed by atoms with Crippen LogP contribution in [0.25, 0.3) is 21.3 Å². The Hall–Kier alpha value is -2.55. The molecule has 4 heterocycles. The highest BCUT2D eigenvalue weighted by atomic mass is 32.1. The third-order valence-corrected chi connectivity index (χ3v) is 8.22. The molecule has 2 aromatic heterocycles. The normalized spacial score (nSPS) is 26.0. The topological polar surface area (TPSA) is 79.4 Å². The van der Waals surface area contributed by atoms with Crippen LogP contribution >= 0.6 is 11.3 Å². The Bertz CT molecular complexity index is 1120. The molecule has 1 aliphatic carbocycles. The number of ether oxygens (including phenoxy) is 1. The summed E-state index contributed by atoms with van der Waals surface area (Å²) < 4.78 is 5.91. The first-order valence-corrected chi connectivity index (χ1v) is 12.8. The molecular formula is C25H29N5O2S. The molecule has 3 fully saturated rings. The maximum absolute atomic E-state index is 12.0. The van der Waals surface area contributed by atoms with Crippen molar-refractivity contribution in [2.24, 2.45) is 17.8 Å². The minimum atomic E-state index is -0.0160. The zero-order valence-corrected chi connectivity index (χ0v) is 19.4. The first-order chi connectivity index (χ1) is 16.3. The summed E-state index contributed by atoms with van der Waals surface area (Å²) in [5.74, 6) is 3.14. The van der Waals surface area contributed by atoms with Gasteiger partial charge in [-0.3, -0.25) is 4.79 Å². The van der Waals surface area contributed by atoms with Gasteiger partial charge in [-0.25, -0.2) is 9.97 Å². The van der Waals surface area contributed by atoms with Crippen molar-refractivity contribution in [2.75, 3.05) is 44.3 Å². The van der Waals surface area contributed by atoms with Crippen LogP contribution in [0.2, 0.25) is 0 Å². The lowest BCUT2D eigenvalue weighted by molar-refractivity contribution is -0.123. The number of fused-ring (bicyclic) bond motifs is 2. The third kappa shape index (κ3) is 4.11. The number of hydrogen-bond donors (Lipinski definition) is 2. The van der Waals surface area contributed by atoms with Crippen molar-refractivity contribution < 1.29 is 9.53 Å². The average molecular weight is 464 g/mol. The number of thiophene rings is 1. The summed E-state index contributed by atoms with van der Waals surface area (Å²) in [5, 5.41) is 9.59. The van der Waals surface area contributed by atoms with Crippen LogP contribution in [0.5, 0.6) is 0 Å². The van der Waals surface area contributed by atoms with Crippen LogP contribution in [0.15, 0.2) is 42.0 Å². The molecule has 2 N–H and O–H groups in total. The Kier molecular flexibility index (Phi) is 5.73. The molecule has 3 aliphatic rings. The molecule has 2 aliphatic heterocycles. The summed E-state index contributed by atoms with van der Waals surface area (Å²) in [6.07, 6.45) is 3.71. The summed E-state index contributed by atoms with van der Waals surface area (Å²) >= 11 is 1.69. The van der Waals surface area contributed by atoms with E-state index in [0.717, 1.165) is 49.7 Å². The van der Waals surface area contributed by atoms with Crippen molar-refractivity contribution in [2.45, 2.75) is 18.9 Å². The SMILES string of the molecule is O=C(NCCOCC1C2CN(c3ncnc4scc(-c5ccccc5)c34)CC12)[C@@H]1CCCN1.